The first-order chi connectivity index (χ1) is 19.2. The van der Waals surface area contributed by atoms with Crippen molar-refractivity contribution < 1.29 is 57.0 Å². The van der Waals surface area contributed by atoms with Gasteiger partial charge in [-0.05, 0) is 27.7 Å². The number of hydrogen-bond donors (Lipinski definition) is 0. The molecule has 0 radical (unpaired) electrons. The second-order valence-electron chi connectivity index (χ2n) is 10.2. The standard InChI is InChI=1S/C16H24O6.C13H22O6/c1-10(2)14(17)20-8-13-12(19-6)7-16(5,22-13)9-21-15(18)11(3)4;1-8(2)13(14)19-7-10-12(17-5)11(16-4)9(15-3)6-18-10/h12-13H,1,3,7-9H2,2,4-6H3;9-12H,1,6-7H2,2-5H3/t12?,13-,16?;9?,10?,11?,12-/m11/s1. The van der Waals surface area contributed by atoms with Crippen molar-refractivity contribution in [2.75, 3.05) is 54.9 Å². The molecule has 0 N–H and O–H groups in total. The second-order valence-corrected chi connectivity index (χ2v) is 10.2. The zero-order valence-corrected chi connectivity index (χ0v) is 25.5. The largest absolute Gasteiger partial charge is 0.459 e. The van der Waals surface area contributed by atoms with Crippen LogP contribution in [0, 0.1) is 0 Å². The Balaban J connectivity index is 0.000000414. The van der Waals surface area contributed by atoms with Crippen molar-refractivity contribution in [2.45, 2.75) is 76.3 Å². The molecule has 0 aliphatic carbocycles. The summed E-state index contributed by atoms with van der Waals surface area (Å²) < 4.78 is 48.3. The van der Waals surface area contributed by atoms with Gasteiger partial charge in [-0.2, -0.15) is 0 Å². The van der Waals surface area contributed by atoms with Crippen molar-refractivity contribution in [3.8, 4) is 0 Å². The third-order valence-electron chi connectivity index (χ3n) is 6.48. The van der Waals surface area contributed by atoms with E-state index in [2.05, 4.69) is 19.7 Å². The Morgan fingerprint density at radius 1 is 0.707 bits per heavy atom. The fourth-order valence-electron chi connectivity index (χ4n) is 4.17. The second kappa shape index (κ2) is 17.4. The highest BCUT2D eigenvalue weighted by Crippen LogP contribution is 2.33. The van der Waals surface area contributed by atoms with Crippen molar-refractivity contribution in [3.05, 3.63) is 36.5 Å². The molecule has 0 spiro atoms. The van der Waals surface area contributed by atoms with Crippen molar-refractivity contribution in [1.82, 2.24) is 0 Å². The summed E-state index contributed by atoms with van der Waals surface area (Å²) in [6, 6.07) is 0. The van der Waals surface area contributed by atoms with Gasteiger partial charge in [0, 0.05) is 51.6 Å². The van der Waals surface area contributed by atoms with Crippen LogP contribution >= 0.6 is 0 Å². The minimum absolute atomic E-state index is 0.0637. The lowest BCUT2D eigenvalue weighted by atomic mass is 10.00. The summed E-state index contributed by atoms with van der Waals surface area (Å²) in [5.41, 5.74) is 0.316. The average Bonchev–Trinajstić information content (AvgIpc) is 3.28. The summed E-state index contributed by atoms with van der Waals surface area (Å²) in [4.78, 5) is 34.3. The number of methoxy groups -OCH3 is 4. The maximum Gasteiger partial charge on any atom is 0.333 e. The van der Waals surface area contributed by atoms with E-state index in [1.807, 2.05) is 6.92 Å². The highest BCUT2D eigenvalue weighted by molar-refractivity contribution is 5.87. The molecule has 5 unspecified atom stereocenters. The van der Waals surface area contributed by atoms with Gasteiger partial charge in [-0.1, -0.05) is 19.7 Å². The molecule has 2 heterocycles. The number of carbonyl (C=O) groups is 3. The fourth-order valence-corrected chi connectivity index (χ4v) is 4.17. The molecule has 0 aromatic rings. The molecule has 2 rings (SSSR count). The SMILES string of the molecule is C=C(C)C(=O)OCC1OCC(OC)C(OC)[C@@H]1OC.C=C(C)C(=O)OC[C@H]1OC(C)(COC(=O)C(=C)C)CC1OC. The minimum atomic E-state index is -0.688. The topological polar surface area (TPSA) is 134 Å². The lowest BCUT2D eigenvalue weighted by Crippen LogP contribution is -2.56. The molecule has 0 aromatic carbocycles. The van der Waals surface area contributed by atoms with E-state index in [1.165, 1.54) is 0 Å². The Morgan fingerprint density at radius 2 is 1.17 bits per heavy atom. The minimum Gasteiger partial charge on any atom is -0.459 e. The van der Waals surface area contributed by atoms with Gasteiger partial charge >= 0.3 is 17.9 Å². The maximum atomic E-state index is 11.5. The Bertz CT molecular complexity index is 931. The Kier molecular flexibility index (Phi) is 15.4. The van der Waals surface area contributed by atoms with Crippen LogP contribution in [0.4, 0.5) is 0 Å². The average molecular weight is 587 g/mol. The zero-order chi connectivity index (χ0) is 31.3. The van der Waals surface area contributed by atoms with Gasteiger partial charge in [-0.15, -0.1) is 0 Å². The summed E-state index contributed by atoms with van der Waals surface area (Å²) in [5, 5.41) is 0. The van der Waals surface area contributed by atoms with Crippen LogP contribution in [0.1, 0.15) is 34.1 Å². The summed E-state index contributed by atoms with van der Waals surface area (Å²) >= 11 is 0. The first kappa shape index (κ1) is 36.4. The monoisotopic (exact) mass is 586 g/mol. The highest BCUT2D eigenvalue weighted by Gasteiger charge is 2.45. The van der Waals surface area contributed by atoms with Crippen LogP contribution in [0.3, 0.4) is 0 Å². The van der Waals surface area contributed by atoms with E-state index < -0.39 is 29.6 Å². The van der Waals surface area contributed by atoms with E-state index in [0.717, 1.165) is 0 Å². The molecule has 0 aromatic heterocycles. The number of rotatable bonds is 13. The van der Waals surface area contributed by atoms with Crippen LogP contribution in [0.2, 0.25) is 0 Å². The van der Waals surface area contributed by atoms with E-state index in [9.17, 15) is 14.4 Å². The van der Waals surface area contributed by atoms with Crippen molar-refractivity contribution >= 4 is 17.9 Å². The molecule has 2 aliphatic rings. The summed E-state index contributed by atoms with van der Waals surface area (Å²) in [6.45, 7) is 17.8. The smallest absolute Gasteiger partial charge is 0.333 e. The predicted molar refractivity (Wildman–Crippen MR) is 148 cm³/mol. The van der Waals surface area contributed by atoms with Crippen molar-refractivity contribution in [2.24, 2.45) is 0 Å². The maximum absolute atomic E-state index is 11.5. The molecule has 12 nitrogen and oxygen atoms in total. The fraction of sp³-hybridized carbons (Fsp3) is 0.690. The third-order valence-corrected chi connectivity index (χ3v) is 6.48. The quantitative estimate of drug-likeness (QED) is 0.178. The van der Waals surface area contributed by atoms with Crippen LogP contribution in [-0.4, -0.2) is 115 Å². The highest BCUT2D eigenvalue weighted by atomic mass is 16.6. The van der Waals surface area contributed by atoms with E-state index in [-0.39, 0.29) is 50.3 Å². The van der Waals surface area contributed by atoms with E-state index in [0.29, 0.717) is 29.7 Å². The first-order valence-corrected chi connectivity index (χ1v) is 13.1. The van der Waals surface area contributed by atoms with E-state index >= 15 is 0 Å². The predicted octanol–water partition coefficient (Wildman–Crippen LogP) is 2.34. The van der Waals surface area contributed by atoms with Crippen LogP contribution in [0.15, 0.2) is 36.5 Å². The number of esters is 3. The Hall–Kier alpha value is -2.61. The summed E-state index contributed by atoms with van der Waals surface area (Å²) in [6.07, 6.45) is -1.35. The van der Waals surface area contributed by atoms with Crippen molar-refractivity contribution in [3.63, 3.8) is 0 Å². The zero-order valence-electron chi connectivity index (χ0n) is 25.5. The Labute approximate surface area is 242 Å². The van der Waals surface area contributed by atoms with E-state index in [1.54, 1.807) is 49.2 Å². The van der Waals surface area contributed by atoms with Gasteiger partial charge in [0.15, 0.2) is 0 Å². The van der Waals surface area contributed by atoms with Crippen LogP contribution in [0.5, 0.6) is 0 Å². The van der Waals surface area contributed by atoms with Gasteiger partial charge in [0.1, 0.15) is 55.9 Å². The number of carbonyl (C=O) groups excluding carboxylic acids is 3. The number of ether oxygens (including phenoxy) is 9. The molecule has 12 heteroatoms. The molecule has 7 atom stereocenters. The molecule has 41 heavy (non-hydrogen) atoms. The van der Waals surface area contributed by atoms with Crippen LogP contribution < -0.4 is 0 Å². The molecule has 2 saturated heterocycles. The van der Waals surface area contributed by atoms with Crippen molar-refractivity contribution in [1.29, 1.82) is 0 Å². The summed E-state index contributed by atoms with van der Waals surface area (Å²) in [5.74, 6) is -1.38. The van der Waals surface area contributed by atoms with Gasteiger partial charge in [-0.25, -0.2) is 14.4 Å². The Morgan fingerprint density at radius 3 is 1.61 bits per heavy atom. The van der Waals surface area contributed by atoms with Crippen LogP contribution in [-0.2, 0) is 57.0 Å². The van der Waals surface area contributed by atoms with Crippen LogP contribution in [0.25, 0.3) is 0 Å². The first-order valence-electron chi connectivity index (χ1n) is 13.1. The van der Waals surface area contributed by atoms with Gasteiger partial charge < -0.3 is 42.6 Å². The molecule has 0 saturated carbocycles. The molecular weight excluding hydrogens is 540 g/mol. The molecule has 2 aliphatic heterocycles. The third kappa shape index (κ3) is 11.3. The lowest BCUT2D eigenvalue weighted by molar-refractivity contribution is -0.220. The van der Waals surface area contributed by atoms with Gasteiger partial charge in [0.05, 0.1) is 12.7 Å². The molecular formula is C29H46O12. The summed E-state index contributed by atoms with van der Waals surface area (Å²) in [7, 11) is 6.30. The van der Waals surface area contributed by atoms with E-state index in [4.69, 9.17) is 42.6 Å². The molecule has 234 valence electrons. The van der Waals surface area contributed by atoms with Gasteiger partial charge in [0.25, 0.3) is 0 Å². The van der Waals surface area contributed by atoms with Gasteiger partial charge in [0.2, 0.25) is 0 Å². The molecule has 2 fully saturated rings. The van der Waals surface area contributed by atoms with Gasteiger partial charge in [-0.3, -0.25) is 0 Å². The molecule has 0 bridgehead atoms. The molecule has 0 amide bonds. The number of hydrogen-bond acceptors (Lipinski definition) is 12. The lowest BCUT2D eigenvalue weighted by Gasteiger charge is -2.40. The normalized spacial score (nSPS) is 29.0.